The molecule has 0 bridgehead atoms. The van der Waals surface area contributed by atoms with Gasteiger partial charge in [-0.05, 0) is 12.8 Å². The predicted molar refractivity (Wildman–Crippen MR) is 77.2 cm³/mol. The zero-order chi connectivity index (χ0) is 14.9. The van der Waals surface area contributed by atoms with Gasteiger partial charge in [0.1, 0.15) is 4.21 Å². The molecule has 2 N–H and O–H groups in total. The van der Waals surface area contributed by atoms with Gasteiger partial charge in [0.2, 0.25) is 0 Å². The molecule has 0 atom stereocenters. The molecule has 0 radical (unpaired) electrons. The van der Waals surface area contributed by atoms with E-state index in [1.54, 1.807) is 0 Å². The monoisotopic (exact) mass is 319 g/mol. The second-order valence-corrected chi connectivity index (χ2v) is 8.19. The molecule has 0 saturated heterocycles. The first-order chi connectivity index (χ1) is 9.34. The van der Waals surface area contributed by atoms with Crippen LogP contribution in [0.2, 0.25) is 0 Å². The highest BCUT2D eigenvalue weighted by Gasteiger charge is 2.32. The predicted octanol–water partition coefficient (Wildman–Crippen LogP) is 2.19. The Labute approximate surface area is 121 Å². The average Bonchev–Trinajstić information content (AvgIpc) is 2.82. The molecule has 0 unspecified atom stereocenters. The van der Waals surface area contributed by atoms with E-state index in [-0.39, 0.29) is 20.9 Å². The third-order valence-electron chi connectivity index (χ3n) is 3.64. The molecule has 2 rings (SSSR count). The lowest BCUT2D eigenvalue weighted by Gasteiger charge is -2.29. The van der Waals surface area contributed by atoms with E-state index in [9.17, 15) is 18.5 Å². The molecule has 0 aliphatic heterocycles. The van der Waals surface area contributed by atoms with E-state index in [1.807, 2.05) is 0 Å². The van der Waals surface area contributed by atoms with Gasteiger partial charge in [0.15, 0.2) is 5.00 Å². The molecule has 20 heavy (non-hydrogen) atoms. The van der Waals surface area contributed by atoms with Crippen molar-refractivity contribution in [2.24, 2.45) is 0 Å². The number of anilines is 1. The number of thiophene rings is 1. The van der Waals surface area contributed by atoms with Crippen LogP contribution in [0.15, 0.2) is 10.3 Å². The van der Waals surface area contributed by atoms with Crippen LogP contribution in [0.5, 0.6) is 0 Å². The van der Waals surface area contributed by atoms with Crippen molar-refractivity contribution in [3.05, 3.63) is 16.2 Å². The van der Waals surface area contributed by atoms with E-state index in [4.69, 9.17) is 5.73 Å². The maximum atomic E-state index is 12.5. The van der Waals surface area contributed by atoms with Gasteiger partial charge in [-0.2, -0.15) is 4.31 Å². The van der Waals surface area contributed by atoms with E-state index >= 15 is 0 Å². The molecule has 9 heteroatoms. The van der Waals surface area contributed by atoms with Crippen LogP contribution >= 0.6 is 11.3 Å². The van der Waals surface area contributed by atoms with Gasteiger partial charge in [-0.15, -0.1) is 0 Å². The zero-order valence-electron chi connectivity index (χ0n) is 11.1. The van der Waals surface area contributed by atoms with Crippen LogP contribution in [0.25, 0.3) is 0 Å². The highest BCUT2D eigenvalue weighted by Crippen LogP contribution is 2.37. The molecule has 1 aromatic heterocycles. The maximum absolute atomic E-state index is 12.5. The fraction of sp³-hybridized carbons (Fsp3) is 0.636. The van der Waals surface area contributed by atoms with Crippen molar-refractivity contribution in [2.45, 2.75) is 42.4 Å². The number of sulfonamides is 1. The highest BCUT2D eigenvalue weighted by atomic mass is 32.2. The fourth-order valence-electron chi connectivity index (χ4n) is 2.43. The summed E-state index contributed by atoms with van der Waals surface area (Å²) < 4.78 is 26.2. The van der Waals surface area contributed by atoms with Gasteiger partial charge >= 0.3 is 5.69 Å². The van der Waals surface area contributed by atoms with Crippen LogP contribution < -0.4 is 5.73 Å². The van der Waals surface area contributed by atoms with E-state index in [0.717, 1.165) is 49.5 Å². The maximum Gasteiger partial charge on any atom is 0.304 e. The third-order valence-corrected chi connectivity index (χ3v) is 6.95. The standard InChI is InChI=1S/C11H17N3O4S2/c1-13(8-5-3-2-4-6-8)20(17,18)10-7-9(14(15)16)11(12)19-10/h7-8H,2-6,12H2,1H3. The van der Waals surface area contributed by atoms with Gasteiger partial charge in [0.05, 0.1) is 4.92 Å². The molecular weight excluding hydrogens is 302 g/mol. The lowest BCUT2D eigenvalue weighted by Crippen LogP contribution is -2.37. The Balaban J connectivity index is 2.29. The third kappa shape index (κ3) is 2.79. The number of nitrogens with zero attached hydrogens (tertiary/aromatic N) is 2. The topological polar surface area (TPSA) is 107 Å². The summed E-state index contributed by atoms with van der Waals surface area (Å²) in [5.41, 5.74) is 5.17. The van der Waals surface area contributed by atoms with Gasteiger partial charge < -0.3 is 5.73 Å². The Morgan fingerprint density at radius 1 is 1.40 bits per heavy atom. The van der Waals surface area contributed by atoms with Crippen LogP contribution in [0.4, 0.5) is 10.7 Å². The molecule has 1 fully saturated rings. The average molecular weight is 319 g/mol. The molecule has 1 saturated carbocycles. The summed E-state index contributed by atoms with van der Waals surface area (Å²) in [5.74, 6) is 0. The van der Waals surface area contributed by atoms with Crippen molar-refractivity contribution >= 4 is 32.0 Å². The minimum atomic E-state index is -3.71. The van der Waals surface area contributed by atoms with Crippen molar-refractivity contribution in [3.8, 4) is 0 Å². The van der Waals surface area contributed by atoms with Gasteiger partial charge in [0, 0.05) is 19.2 Å². The number of hydrogen-bond donors (Lipinski definition) is 1. The van der Waals surface area contributed by atoms with E-state index < -0.39 is 14.9 Å². The van der Waals surface area contributed by atoms with Gasteiger partial charge in [-0.1, -0.05) is 30.6 Å². The van der Waals surface area contributed by atoms with E-state index in [2.05, 4.69) is 0 Å². The summed E-state index contributed by atoms with van der Waals surface area (Å²) in [6, 6.07) is 1.02. The number of nitro groups is 1. The number of nitrogen functional groups attached to an aromatic ring is 1. The first-order valence-corrected chi connectivity index (χ1v) is 8.61. The largest absolute Gasteiger partial charge is 0.385 e. The summed E-state index contributed by atoms with van der Waals surface area (Å²) in [7, 11) is -2.17. The molecule has 1 aliphatic carbocycles. The van der Waals surface area contributed by atoms with Gasteiger partial charge in [-0.3, -0.25) is 10.1 Å². The summed E-state index contributed by atoms with van der Waals surface area (Å²) >= 11 is 0.748. The molecule has 0 aromatic carbocycles. The normalized spacial score (nSPS) is 17.5. The SMILES string of the molecule is CN(C1CCCCC1)S(=O)(=O)c1cc([N+](=O)[O-])c(N)s1. The molecule has 112 valence electrons. The van der Waals surface area contributed by atoms with Crippen molar-refractivity contribution in [1.29, 1.82) is 0 Å². The van der Waals surface area contributed by atoms with Crippen LogP contribution in [-0.2, 0) is 10.0 Å². The fourth-order valence-corrected chi connectivity index (χ4v) is 5.24. The van der Waals surface area contributed by atoms with Crippen LogP contribution in [0.1, 0.15) is 32.1 Å². The summed E-state index contributed by atoms with van der Waals surface area (Å²) in [6.07, 6.45) is 4.81. The first-order valence-electron chi connectivity index (χ1n) is 6.35. The summed E-state index contributed by atoms with van der Waals surface area (Å²) in [5, 5.41) is 10.7. The summed E-state index contributed by atoms with van der Waals surface area (Å²) in [4.78, 5) is 10.1. The Bertz CT molecular complexity index is 605. The van der Waals surface area contributed by atoms with Crippen molar-refractivity contribution in [2.75, 3.05) is 12.8 Å². The first kappa shape index (κ1) is 15.2. The van der Waals surface area contributed by atoms with Crippen LogP contribution in [0.3, 0.4) is 0 Å². The number of hydrogen-bond acceptors (Lipinski definition) is 6. The van der Waals surface area contributed by atoms with Crippen molar-refractivity contribution in [3.63, 3.8) is 0 Å². The molecule has 1 aliphatic rings. The van der Waals surface area contributed by atoms with Crippen molar-refractivity contribution in [1.82, 2.24) is 4.31 Å². The molecular formula is C11H17N3O4S2. The van der Waals surface area contributed by atoms with Crippen LogP contribution in [0, 0.1) is 10.1 Å². The molecule has 1 aromatic rings. The zero-order valence-corrected chi connectivity index (χ0v) is 12.7. The minimum absolute atomic E-state index is 0.0314. The molecule has 0 amide bonds. The molecule has 1 heterocycles. The number of nitrogens with two attached hydrogens (primary N) is 1. The second-order valence-electron chi connectivity index (χ2n) is 4.89. The lowest BCUT2D eigenvalue weighted by atomic mass is 9.96. The van der Waals surface area contributed by atoms with Gasteiger partial charge in [-0.25, -0.2) is 8.42 Å². The summed E-state index contributed by atoms with van der Waals surface area (Å²) in [6.45, 7) is 0. The molecule has 7 nitrogen and oxygen atoms in total. The quantitative estimate of drug-likeness (QED) is 0.676. The number of rotatable bonds is 4. The van der Waals surface area contributed by atoms with E-state index in [0.29, 0.717) is 0 Å². The van der Waals surface area contributed by atoms with Crippen molar-refractivity contribution < 1.29 is 13.3 Å². The van der Waals surface area contributed by atoms with Gasteiger partial charge in [0.25, 0.3) is 10.0 Å². The minimum Gasteiger partial charge on any atom is -0.385 e. The smallest absolute Gasteiger partial charge is 0.304 e. The second kappa shape index (κ2) is 5.66. The Morgan fingerprint density at radius 3 is 2.50 bits per heavy atom. The Morgan fingerprint density at radius 2 is 2.00 bits per heavy atom. The Kier molecular flexibility index (Phi) is 4.31. The van der Waals surface area contributed by atoms with Crippen LogP contribution in [-0.4, -0.2) is 30.7 Å². The lowest BCUT2D eigenvalue weighted by molar-refractivity contribution is -0.383. The highest BCUT2D eigenvalue weighted by molar-refractivity contribution is 7.91. The Hall–Kier alpha value is -1.19. The molecule has 0 spiro atoms. The van der Waals surface area contributed by atoms with E-state index in [1.165, 1.54) is 11.4 Å².